The lowest BCUT2D eigenvalue weighted by molar-refractivity contribution is -0.116. The standard InChI is InChI=1S/C13H17NO3/c1-3-4-5-12(15)14-10-7-6-9(2)11(8-10)13(16)17/h6-8H,3-5H2,1-2H3,(H,14,15)(H,16,17). The zero-order valence-electron chi connectivity index (χ0n) is 10.1. The van der Waals surface area contributed by atoms with E-state index in [4.69, 9.17) is 5.11 Å². The van der Waals surface area contributed by atoms with Gasteiger partial charge in [-0.05, 0) is 31.0 Å². The quantitative estimate of drug-likeness (QED) is 0.824. The maximum Gasteiger partial charge on any atom is 0.336 e. The number of benzene rings is 1. The van der Waals surface area contributed by atoms with Crippen LogP contribution < -0.4 is 5.32 Å². The molecule has 0 radical (unpaired) electrons. The highest BCUT2D eigenvalue weighted by Crippen LogP contribution is 2.15. The Kier molecular flexibility index (Phi) is 4.69. The second-order valence-electron chi connectivity index (χ2n) is 3.99. The number of nitrogens with one attached hydrogen (secondary N) is 1. The van der Waals surface area contributed by atoms with Gasteiger partial charge in [0.15, 0.2) is 0 Å². The van der Waals surface area contributed by atoms with Crippen molar-refractivity contribution in [2.24, 2.45) is 0 Å². The van der Waals surface area contributed by atoms with Gasteiger partial charge in [-0.25, -0.2) is 4.79 Å². The Morgan fingerprint density at radius 2 is 2.06 bits per heavy atom. The summed E-state index contributed by atoms with van der Waals surface area (Å²) in [4.78, 5) is 22.4. The maximum absolute atomic E-state index is 11.5. The first-order valence-corrected chi connectivity index (χ1v) is 5.68. The molecule has 4 nitrogen and oxygen atoms in total. The number of rotatable bonds is 5. The summed E-state index contributed by atoms with van der Waals surface area (Å²) in [6, 6.07) is 4.89. The number of anilines is 1. The fourth-order valence-electron chi connectivity index (χ4n) is 1.49. The molecule has 0 fully saturated rings. The van der Waals surface area contributed by atoms with Gasteiger partial charge in [-0.3, -0.25) is 4.79 Å². The van der Waals surface area contributed by atoms with E-state index in [1.165, 1.54) is 6.07 Å². The van der Waals surface area contributed by atoms with E-state index in [0.717, 1.165) is 12.8 Å². The molecule has 0 aliphatic rings. The van der Waals surface area contributed by atoms with Crippen LogP contribution in [0.15, 0.2) is 18.2 Å². The molecule has 0 unspecified atom stereocenters. The zero-order chi connectivity index (χ0) is 12.8. The normalized spacial score (nSPS) is 10.0. The van der Waals surface area contributed by atoms with Crippen molar-refractivity contribution in [1.82, 2.24) is 0 Å². The summed E-state index contributed by atoms with van der Waals surface area (Å²) in [7, 11) is 0. The van der Waals surface area contributed by atoms with Gasteiger partial charge in [0.05, 0.1) is 5.56 Å². The summed E-state index contributed by atoms with van der Waals surface area (Å²) in [5, 5.41) is 11.6. The van der Waals surface area contributed by atoms with Crippen molar-refractivity contribution in [3.05, 3.63) is 29.3 Å². The third-order valence-electron chi connectivity index (χ3n) is 2.51. The highest BCUT2D eigenvalue weighted by Gasteiger charge is 2.09. The van der Waals surface area contributed by atoms with Gasteiger partial charge in [0.25, 0.3) is 0 Å². The summed E-state index contributed by atoms with van der Waals surface area (Å²) in [5.41, 5.74) is 1.44. The number of carbonyl (C=O) groups is 2. The van der Waals surface area contributed by atoms with E-state index < -0.39 is 5.97 Å². The zero-order valence-corrected chi connectivity index (χ0v) is 10.1. The van der Waals surface area contributed by atoms with Gasteiger partial charge >= 0.3 is 5.97 Å². The number of aryl methyl sites for hydroxylation is 1. The third-order valence-corrected chi connectivity index (χ3v) is 2.51. The van der Waals surface area contributed by atoms with Crippen molar-refractivity contribution < 1.29 is 14.7 Å². The topological polar surface area (TPSA) is 66.4 Å². The summed E-state index contributed by atoms with van der Waals surface area (Å²) < 4.78 is 0. The molecular formula is C13H17NO3. The van der Waals surface area contributed by atoms with Crippen molar-refractivity contribution in [2.45, 2.75) is 33.1 Å². The first-order valence-electron chi connectivity index (χ1n) is 5.68. The largest absolute Gasteiger partial charge is 0.478 e. The van der Waals surface area contributed by atoms with Crippen molar-refractivity contribution in [2.75, 3.05) is 5.32 Å². The van der Waals surface area contributed by atoms with Crippen LogP contribution in [-0.2, 0) is 4.79 Å². The molecule has 0 aliphatic heterocycles. The van der Waals surface area contributed by atoms with Crippen LogP contribution in [0.5, 0.6) is 0 Å². The first-order chi connectivity index (χ1) is 8.04. The molecule has 0 heterocycles. The number of carbonyl (C=O) groups excluding carboxylic acids is 1. The van der Waals surface area contributed by atoms with Crippen molar-refractivity contribution in [3.8, 4) is 0 Å². The molecule has 1 aromatic carbocycles. The molecule has 0 aromatic heterocycles. The van der Waals surface area contributed by atoms with Crippen LogP contribution in [-0.4, -0.2) is 17.0 Å². The molecule has 0 spiro atoms. The van der Waals surface area contributed by atoms with E-state index in [9.17, 15) is 9.59 Å². The fraction of sp³-hybridized carbons (Fsp3) is 0.385. The summed E-state index contributed by atoms with van der Waals surface area (Å²) in [5.74, 6) is -1.06. The Bertz CT molecular complexity index is 427. The minimum atomic E-state index is -0.979. The van der Waals surface area contributed by atoms with E-state index in [1.54, 1.807) is 19.1 Å². The predicted octanol–water partition coefficient (Wildman–Crippen LogP) is 2.82. The molecule has 0 aliphatic carbocycles. The van der Waals surface area contributed by atoms with Gasteiger partial charge in [0.2, 0.25) is 5.91 Å². The number of hydrogen-bond donors (Lipinski definition) is 2. The van der Waals surface area contributed by atoms with Crippen molar-refractivity contribution in [1.29, 1.82) is 0 Å². The average Bonchev–Trinajstić information content (AvgIpc) is 2.28. The van der Waals surface area contributed by atoms with Crippen LogP contribution in [0.25, 0.3) is 0 Å². The Balaban J connectivity index is 2.75. The molecule has 2 N–H and O–H groups in total. The molecule has 1 aromatic rings. The number of carboxylic acids is 1. The molecule has 0 atom stereocenters. The first kappa shape index (κ1) is 13.2. The van der Waals surface area contributed by atoms with Crippen LogP contribution in [0.3, 0.4) is 0 Å². The van der Waals surface area contributed by atoms with Crippen molar-refractivity contribution >= 4 is 17.6 Å². The molecular weight excluding hydrogens is 218 g/mol. The van der Waals surface area contributed by atoms with Gasteiger partial charge in [-0.1, -0.05) is 19.4 Å². The van der Waals surface area contributed by atoms with Crippen LogP contribution in [0.4, 0.5) is 5.69 Å². The molecule has 4 heteroatoms. The van der Waals surface area contributed by atoms with E-state index in [0.29, 0.717) is 17.7 Å². The van der Waals surface area contributed by atoms with Gasteiger partial charge in [0, 0.05) is 12.1 Å². The second-order valence-corrected chi connectivity index (χ2v) is 3.99. The lowest BCUT2D eigenvalue weighted by Gasteiger charge is -2.07. The molecule has 0 saturated carbocycles. The molecule has 0 saturated heterocycles. The Labute approximate surface area is 101 Å². The Hall–Kier alpha value is -1.84. The maximum atomic E-state index is 11.5. The van der Waals surface area contributed by atoms with Crippen LogP contribution in [0.1, 0.15) is 42.1 Å². The number of aromatic carboxylic acids is 1. The average molecular weight is 235 g/mol. The van der Waals surface area contributed by atoms with Gasteiger partial charge < -0.3 is 10.4 Å². The highest BCUT2D eigenvalue weighted by atomic mass is 16.4. The van der Waals surface area contributed by atoms with E-state index in [2.05, 4.69) is 5.32 Å². The van der Waals surface area contributed by atoms with E-state index >= 15 is 0 Å². The van der Waals surface area contributed by atoms with E-state index in [-0.39, 0.29) is 11.5 Å². The van der Waals surface area contributed by atoms with Crippen LogP contribution in [0.2, 0.25) is 0 Å². The molecule has 17 heavy (non-hydrogen) atoms. The number of amides is 1. The number of carboxylic acid groups (broad SMARTS) is 1. The van der Waals surface area contributed by atoms with Crippen molar-refractivity contribution in [3.63, 3.8) is 0 Å². The minimum Gasteiger partial charge on any atom is -0.478 e. The summed E-state index contributed by atoms with van der Waals surface area (Å²) in [6.45, 7) is 3.74. The lowest BCUT2D eigenvalue weighted by atomic mass is 10.1. The smallest absolute Gasteiger partial charge is 0.336 e. The highest BCUT2D eigenvalue weighted by molar-refractivity contribution is 5.94. The van der Waals surface area contributed by atoms with Gasteiger partial charge in [-0.2, -0.15) is 0 Å². The minimum absolute atomic E-state index is 0.0768. The van der Waals surface area contributed by atoms with Crippen LogP contribution >= 0.6 is 0 Å². The third kappa shape index (κ3) is 3.90. The predicted molar refractivity (Wildman–Crippen MR) is 66.3 cm³/mol. The Morgan fingerprint density at radius 3 is 2.65 bits per heavy atom. The molecule has 92 valence electrons. The SMILES string of the molecule is CCCCC(=O)Nc1ccc(C)c(C(=O)O)c1. The summed E-state index contributed by atoms with van der Waals surface area (Å²) >= 11 is 0. The van der Waals surface area contributed by atoms with E-state index in [1.807, 2.05) is 6.92 Å². The second kappa shape index (κ2) is 6.03. The fourth-order valence-corrected chi connectivity index (χ4v) is 1.49. The van der Waals surface area contributed by atoms with Gasteiger partial charge in [-0.15, -0.1) is 0 Å². The monoisotopic (exact) mass is 235 g/mol. The lowest BCUT2D eigenvalue weighted by Crippen LogP contribution is -2.12. The Morgan fingerprint density at radius 1 is 1.35 bits per heavy atom. The number of hydrogen-bond acceptors (Lipinski definition) is 2. The summed E-state index contributed by atoms with van der Waals surface area (Å²) in [6.07, 6.45) is 2.26. The number of unbranched alkanes of at least 4 members (excludes halogenated alkanes) is 1. The molecule has 1 amide bonds. The molecule has 1 rings (SSSR count). The van der Waals surface area contributed by atoms with Gasteiger partial charge in [0.1, 0.15) is 0 Å². The molecule has 0 bridgehead atoms. The van der Waals surface area contributed by atoms with Crippen LogP contribution in [0, 0.1) is 6.92 Å².